The van der Waals surface area contributed by atoms with E-state index in [9.17, 15) is 8.78 Å². The average Bonchev–Trinajstić information content (AvgIpc) is 2.51. The van der Waals surface area contributed by atoms with Crippen LogP contribution in [-0.2, 0) is 0 Å². The summed E-state index contributed by atoms with van der Waals surface area (Å²) in [6, 6.07) is 3.77. The van der Waals surface area contributed by atoms with Crippen molar-refractivity contribution in [2.24, 2.45) is 11.7 Å². The molecular formula is C17H26F2N2. The monoisotopic (exact) mass is 296 g/mol. The van der Waals surface area contributed by atoms with Crippen LogP contribution in [0.1, 0.15) is 50.6 Å². The standard InChI is InChI=1S/C17H26F2N2/c1-3-12-4-7-14(8-5-12)21(2)17(11-20)15-10-13(18)6-9-16(15)19/h6,9-10,12,14,17H,3-5,7-8,11,20H2,1-2H3. The van der Waals surface area contributed by atoms with Gasteiger partial charge in [0.05, 0.1) is 0 Å². The van der Waals surface area contributed by atoms with Gasteiger partial charge in [-0.15, -0.1) is 0 Å². The van der Waals surface area contributed by atoms with Crippen LogP contribution < -0.4 is 5.73 Å². The van der Waals surface area contributed by atoms with E-state index in [1.54, 1.807) is 0 Å². The summed E-state index contributed by atoms with van der Waals surface area (Å²) in [7, 11) is 1.98. The molecule has 1 atom stereocenters. The lowest BCUT2D eigenvalue weighted by Gasteiger charge is -2.39. The maximum absolute atomic E-state index is 14.0. The van der Waals surface area contributed by atoms with Gasteiger partial charge in [0.2, 0.25) is 0 Å². The van der Waals surface area contributed by atoms with E-state index >= 15 is 0 Å². The molecule has 2 N–H and O–H groups in total. The van der Waals surface area contributed by atoms with Crippen LogP contribution in [0.3, 0.4) is 0 Å². The van der Waals surface area contributed by atoms with Crippen molar-refractivity contribution in [3.05, 3.63) is 35.4 Å². The molecule has 0 amide bonds. The lowest BCUT2D eigenvalue weighted by Crippen LogP contribution is -2.41. The maximum atomic E-state index is 14.0. The van der Waals surface area contributed by atoms with Crippen LogP contribution in [0.25, 0.3) is 0 Å². The third kappa shape index (κ3) is 3.80. The molecule has 1 fully saturated rings. The molecule has 0 heterocycles. The Morgan fingerprint density at radius 2 is 1.90 bits per heavy atom. The fraction of sp³-hybridized carbons (Fsp3) is 0.647. The van der Waals surface area contributed by atoms with Crippen molar-refractivity contribution in [2.45, 2.75) is 51.1 Å². The van der Waals surface area contributed by atoms with Crippen molar-refractivity contribution in [1.29, 1.82) is 0 Å². The van der Waals surface area contributed by atoms with E-state index in [2.05, 4.69) is 11.8 Å². The van der Waals surface area contributed by atoms with Crippen molar-refractivity contribution in [1.82, 2.24) is 4.90 Å². The second-order valence-electron chi connectivity index (χ2n) is 6.17. The van der Waals surface area contributed by atoms with Crippen molar-refractivity contribution in [2.75, 3.05) is 13.6 Å². The van der Waals surface area contributed by atoms with E-state index in [0.29, 0.717) is 18.2 Å². The van der Waals surface area contributed by atoms with E-state index in [4.69, 9.17) is 5.73 Å². The summed E-state index contributed by atoms with van der Waals surface area (Å²) in [5.74, 6) is 0.0331. The minimum atomic E-state index is -0.409. The summed E-state index contributed by atoms with van der Waals surface area (Å²) in [6.07, 6.45) is 5.89. The molecule has 21 heavy (non-hydrogen) atoms. The van der Waals surface area contributed by atoms with Crippen LogP contribution in [0, 0.1) is 17.6 Å². The Labute approximate surface area is 126 Å². The largest absolute Gasteiger partial charge is 0.329 e. The fourth-order valence-electron chi connectivity index (χ4n) is 3.50. The highest BCUT2D eigenvalue weighted by atomic mass is 19.1. The molecule has 118 valence electrons. The number of nitrogens with zero attached hydrogens (tertiary/aromatic N) is 1. The molecule has 1 aromatic rings. The quantitative estimate of drug-likeness (QED) is 0.894. The van der Waals surface area contributed by atoms with Crippen molar-refractivity contribution in [3.63, 3.8) is 0 Å². The van der Waals surface area contributed by atoms with Gasteiger partial charge in [-0.3, -0.25) is 4.90 Å². The van der Waals surface area contributed by atoms with Gasteiger partial charge >= 0.3 is 0 Å². The molecule has 0 saturated heterocycles. The van der Waals surface area contributed by atoms with Crippen LogP contribution in [-0.4, -0.2) is 24.5 Å². The van der Waals surface area contributed by atoms with E-state index in [1.165, 1.54) is 31.4 Å². The normalized spacial score (nSPS) is 24.3. The predicted octanol–water partition coefficient (Wildman–Crippen LogP) is 3.87. The molecule has 1 aliphatic rings. The molecule has 0 radical (unpaired) electrons. The summed E-state index contributed by atoms with van der Waals surface area (Å²) in [4.78, 5) is 2.14. The predicted molar refractivity (Wildman–Crippen MR) is 82.0 cm³/mol. The number of hydrogen-bond acceptors (Lipinski definition) is 2. The van der Waals surface area contributed by atoms with Gasteiger partial charge in [0.15, 0.2) is 0 Å². The van der Waals surface area contributed by atoms with E-state index in [-0.39, 0.29) is 11.9 Å². The van der Waals surface area contributed by atoms with Gasteiger partial charge in [0.25, 0.3) is 0 Å². The Hall–Kier alpha value is -1.00. The Balaban J connectivity index is 2.11. The van der Waals surface area contributed by atoms with E-state index < -0.39 is 5.82 Å². The van der Waals surface area contributed by atoms with E-state index in [1.807, 2.05) is 7.05 Å². The molecule has 1 saturated carbocycles. The Morgan fingerprint density at radius 3 is 2.48 bits per heavy atom. The molecule has 2 nitrogen and oxygen atoms in total. The lowest BCUT2D eigenvalue weighted by molar-refractivity contribution is 0.120. The summed E-state index contributed by atoms with van der Waals surface area (Å²) in [5.41, 5.74) is 6.23. The average molecular weight is 296 g/mol. The first-order valence-electron chi connectivity index (χ1n) is 7.93. The van der Waals surface area contributed by atoms with Gasteiger partial charge in [0.1, 0.15) is 11.6 Å². The molecule has 0 bridgehead atoms. The van der Waals surface area contributed by atoms with Crippen LogP contribution in [0.2, 0.25) is 0 Å². The second-order valence-corrected chi connectivity index (χ2v) is 6.17. The number of nitrogens with two attached hydrogens (primary N) is 1. The summed E-state index contributed by atoms with van der Waals surface area (Å²) >= 11 is 0. The maximum Gasteiger partial charge on any atom is 0.128 e. The zero-order chi connectivity index (χ0) is 15.4. The van der Waals surface area contributed by atoms with Crippen molar-refractivity contribution < 1.29 is 8.78 Å². The van der Waals surface area contributed by atoms with Gasteiger partial charge < -0.3 is 5.73 Å². The van der Waals surface area contributed by atoms with Gasteiger partial charge in [-0.1, -0.05) is 13.3 Å². The Morgan fingerprint density at radius 1 is 1.24 bits per heavy atom. The minimum Gasteiger partial charge on any atom is -0.329 e. The molecule has 4 heteroatoms. The summed E-state index contributed by atoms with van der Waals surface area (Å²) < 4.78 is 27.4. The third-order valence-electron chi connectivity index (χ3n) is 5.00. The topological polar surface area (TPSA) is 29.3 Å². The molecule has 1 aliphatic carbocycles. The van der Waals surface area contributed by atoms with Crippen LogP contribution in [0.4, 0.5) is 8.78 Å². The molecule has 0 aliphatic heterocycles. The summed E-state index contributed by atoms with van der Waals surface area (Å²) in [6.45, 7) is 2.53. The van der Waals surface area contributed by atoms with Crippen molar-refractivity contribution in [3.8, 4) is 0 Å². The second kappa shape index (κ2) is 7.32. The fourth-order valence-corrected chi connectivity index (χ4v) is 3.50. The molecular weight excluding hydrogens is 270 g/mol. The zero-order valence-electron chi connectivity index (χ0n) is 13.0. The minimum absolute atomic E-state index is 0.260. The molecule has 0 aromatic heterocycles. The molecule has 1 unspecified atom stereocenters. The first-order valence-corrected chi connectivity index (χ1v) is 7.93. The Kier molecular flexibility index (Phi) is 5.71. The number of likely N-dealkylation sites (N-methyl/N-ethyl adjacent to an activating group) is 1. The van der Waals surface area contributed by atoms with Crippen LogP contribution in [0.5, 0.6) is 0 Å². The van der Waals surface area contributed by atoms with Gasteiger partial charge in [-0.25, -0.2) is 8.78 Å². The SMILES string of the molecule is CCC1CCC(N(C)C(CN)c2cc(F)ccc2F)CC1. The van der Waals surface area contributed by atoms with Crippen LogP contribution >= 0.6 is 0 Å². The van der Waals surface area contributed by atoms with E-state index in [0.717, 1.165) is 24.8 Å². The molecule has 0 spiro atoms. The molecule has 2 rings (SSSR count). The Bertz CT molecular complexity index is 456. The van der Waals surface area contributed by atoms with Gasteiger partial charge in [-0.2, -0.15) is 0 Å². The highest BCUT2D eigenvalue weighted by Gasteiger charge is 2.29. The summed E-state index contributed by atoms with van der Waals surface area (Å²) in [5, 5.41) is 0. The van der Waals surface area contributed by atoms with Gasteiger partial charge in [0, 0.05) is 24.2 Å². The number of rotatable bonds is 5. The van der Waals surface area contributed by atoms with Gasteiger partial charge in [-0.05, 0) is 56.8 Å². The smallest absolute Gasteiger partial charge is 0.128 e. The highest BCUT2D eigenvalue weighted by Crippen LogP contribution is 2.33. The number of halogens is 2. The number of hydrogen-bond donors (Lipinski definition) is 1. The first-order chi connectivity index (χ1) is 10.1. The highest BCUT2D eigenvalue weighted by molar-refractivity contribution is 5.23. The number of benzene rings is 1. The third-order valence-corrected chi connectivity index (χ3v) is 5.00. The van der Waals surface area contributed by atoms with Crippen LogP contribution in [0.15, 0.2) is 18.2 Å². The first kappa shape index (κ1) is 16.4. The molecule has 1 aromatic carbocycles. The zero-order valence-corrected chi connectivity index (χ0v) is 13.0. The van der Waals surface area contributed by atoms with Crippen molar-refractivity contribution >= 4 is 0 Å². The lowest BCUT2D eigenvalue weighted by atomic mass is 9.83.